The summed E-state index contributed by atoms with van der Waals surface area (Å²) in [7, 11) is 0. The van der Waals surface area contributed by atoms with Gasteiger partial charge in [-0.25, -0.2) is 0 Å². The van der Waals surface area contributed by atoms with Crippen LogP contribution in [0, 0.1) is 0 Å². The van der Waals surface area contributed by atoms with Crippen LogP contribution >= 0.6 is 11.8 Å². The van der Waals surface area contributed by atoms with Crippen LogP contribution in [-0.4, -0.2) is 23.3 Å². The van der Waals surface area contributed by atoms with Crippen molar-refractivity contribution in [3.05, 3.63) is 65.7 Å². The number of amidine groups is 1. The van der Waals surface area contributed by atoms with E-state index in [1.807, 2.05) is 54.2 Å². The lowest BCUT2D eigenvalue weighted by Gasteiger charge is -2.06. The molecule has 0 bridgehead atoms. The number of hydrogen-bond donors (Lipinski definition) is 3. The second-order valence-electron chi connectivity index (χ2n) is 4.52. The van der Waals surface area contributed by atoms with Crippen LogP contribution in [0.4, 0.5) is 0 Å². The van der Waals surface area contributed by atoms with Crippen molar-refractivity contribution in [1.82, 2.24) is 5.32 Å². The van der Waals surface area contributed by atoms with Gasteiger partial charge in [0.1, 0.15) is 0 Å². The fraction of sp³-hybridized carbons (Fsp3) is 0.188. The van der Waals surface area contributed by atoms with Crippen LogP contribution in [0.25, 0.3) is 0 Å². The minimum Gasteiger partial charge on any atom is -0.409 e. The van der Waals surface area contributed by atoms with Gasteiger partial charge in [0, 0.05) is 29.3 Å². The molecular weight excluding hydrogens is 282 g/mol. The van der Waals surface area contributed by atoms with Crippen molar-refractivity contribution >= 4 is 17.6 Å². The molecule has 0 atom stereocenters. The van der Waals surface area contributed by atoms with Crippen LogP contribution in [0.15, 0.2) is 64.6 Å². The number of rotatable bonds is 7. The van der Waals surface area contributed by atoms with Gasteiger partial charge in [-0.3, -0.25) is 0 Å². The zero-order chi connectivity index (χ0) is 14.9. The van der Waals surface area contributed by atoms with Crippen LogP contribution < -0.4 is 11.1 Å². The highest BCUT2D eigenvalue weighted by Crippen LogP contribution is 2.15. The van der Waals surface area contributed by atoms with Crippen LogP contribution in [0.5, 0.6) is 0 Å². The molecule has 21 heavy (non-hydrogen) atoms. The maximum absolute atomic E-state index is 8.68. The Kier molecular flexibility index (Phi) is 6.12. The first-order valence-corrected chi connectivity index (χ1v) is 7.73. The zero-order valence-corrected chi connectivity index (χ0v) is 12.5. The second-order valence-corrected chi connectivity index (χ2v) is 5.69. The van der Waals surface area contributed by atoms with E-state index in [1.54, 1.807) is 0 Å². The molecule has 0 saturated heterocycles. The molecule has 0 fully saturated rings. The van der Waals surface area contributed by atoms with Crippen molar-refractivity contribution in [1.29, 1.82) is 0 Å². The summed E-state index contributed by atoms with van der Waals surface area (Å²) in [5, 5.41) is 15.1. The number of nitrogens with two attached hydrogens (primary N) is 1. The fourth-order valence-electron chi connectivity index (χ4n) is 1.89. The molecular formula is C16H19N3OS. The van der Waals surface area contributed by atoms with Crippen LogP contribution in [0.3, 0.4) is 0 Å². The molecule has 0 heterocycles. The van der Waals surface area contributed by atoms with Crippen molar-refractivity contribution in [3.63, 3.8) is 0 Å². The fourth-order valence-corrected chi connectivity index (χ4v) is 2.72. The molecule has 0 radical (unpaired) electrons. The first kappa shape index (κ1) is 15.4. The molecule has 0 amide bonds. The molecule has 110 valence electrons. The van der Waals surface area contributed by atoms with Crippen molar-refractivity contribution < 1.29 is 5.21 Å². The largest absolute Gasteiger partial charge is 0.409 e. The molecule has 4 nitrogen and oxygen atoms in total. The summed E-state index contributed by atoms with van der Waals surface area (Å²) in [6, 6.07) is 18.0. The van der Waals surface area contributed by atoms with Crippen molar-refractivity contribution in [3.8, 4) is 0 Å². The molecule has 0 spiro atoms. The van der Waals surface area contributed by atoms with Gasteiger partial charge in [0.15, 0.2) is 5.84 Å². The van der Waals surface area contributed by atoms with Crippen LogP contribution in [0.1, 0.15) is 11.1 Å². The molecule has 4 N–H and O–H groups in total. The Morgan fingerprint density at radius 3 is 2.71 bits per heavy atom. The monoisotopic (exact) mass is 301 g/mol. The van der Waals surface area contributed by atoms with Gasteiger partial charge in [0.2, 0.25) is 0 Å². The molecule has 0 aliphatic rings. The zero-order valence-electron chi connectivity index (χ0n) is 11.7. The van der Waals surface area contributed by atoms with Crippen molar-refractivity contribution in [2.45, 2.75) is 11.4 Å². The highest BCUT2D eigenvalue weighted by molar-refractivity contribution is 7.99. The topological polar surface area (TPSA) is 70.6 Å². The van der Waals surface area contributed by atoms with E-state index in [1.165, 1.54) is 4.90 Å². The standard InChI is InChI=1S/C16H19N3OS/c17-16(19-20)14-6-4-5-13(11-14)12-18-9-10-21-15-7-2-1-3-8-15/h1-8,11,18,20H,9-10,12H2,(H2,17,19). The predicted octanol–water partition coefficient (Wildman–Crippen LogP) is 2.66. The first-order chi connectivity index (χ1) is 10.3. The number of nitrogens with one attached hydrogen (secondary N) is 1. The van der Waals surface area contributed by atoms with Gasteiger partial charge in [0.05, 0.1) is 0 Å². The third-order valence-electron chi connectivity index (χ3n) is 2.95. The molecule has 0 aliphatic heterocycles. The highest BCUT2D eigenvalue weighted by atomic mass is 32.2. The average Bonchev–Trinajstić information content (AvgIpc) is 2.55. The van der Waals surface area contributed by atoms with Gasteiger partial charge >= 0.3 is 0 Å². The Balaban J connectivity index is 1.74. The second kappa shape index (κ2) is 8.34. The smallest absolute Gasteiger partial charge is 0.170 e. The lowest BCUT2D eigenvalue weighted by atomic mass is 10.1. The lowest BCUT2D eigenvalue weighted by molar-refractivity contribution is 0.318. The summed E-state index contributed by atoms with van der Waals surface area (Å²) < 4.78 is 0. The van der Waals surface area contributed by atoms with Gasteiger partial charge in [0.25, 0.3) is 0 Å². The minimum atomic E-state index is 0.136. The van der Waals surface area contributed by atoms with Gasteiger partial charge in [-0.2, -0.15) is 0 Å². The van der Waals surface area contributed by atoms with Crippen molar-refractivity contribution in [2.75, 3.05) is 12.3 Å². The molecule has 0 saturated carbocycles. The molecule has 2 aromatic rings. The van der Waals surface area contributed by atoms with E-state index in [2.05, 4.69) is 22.6 Å². The average molecular weight is 301 g/mol. The van der Waals surface area contributed by atoms with E-state index in [0.29, 0.717) is 0 Å². The van der Waals surface area contributed by atoms with E-state index in [4.69, 9.17) is 10.9 Å². The quantitative estimate of drug-likeness (QED) is 0.184. The first-order valence-electron chi connectivity index (χ1n) is 6.75. The Hall–Kier alpha value is -1.98. The maximum atomic E-state index is 8.68. The number of nitrogens with zero attached hydrogens (tertiary/aromatic N) is 1. The van der Waals surface area contributed by atoms with E-state index >= 15 is 0 Å². The molecule has 0 unspecified atom stereocenters. The summed E-state index contributed by atoms with van der Waals surface area (Å²) in [6.45, 7) is 1.69. The normalized spacial score (nSPS) is 11.5. The molecule has 0 aliphatic carbocycles. The number of thioether (sulfide) groups is 1. The van der Waals surface area contributed by atoms with Crippen LogP contribution in [0.2, 0.25) is 0 Å². The Bertz CT molecular complexity index is 587. The summed E-state index contributed by atoms with van der Waals surface area (Å²) in [6.07, 6.45) is 0. The van der Waals surface area contributed by atoms with Gasteiger partial charge in [-0.15, -0.1) is 11.8 Å². The van der Waals surface area contributed by atoms with E-state index in [0.717, 1.165) is 30.0 Å². The van der Waals surface area contributed by atoms with Gasteiger partial charge < -0.3 is 16.3 Å². The SMILES string of the molecule is NC(=NO)c1cccc(CNCCSc2ccccc2)c1. The molecule has 5 heteroatoms. The van der Waals surface area contributed by atoms with E-state index < -0.39 is 0 Å². The Morgan fingerprint density at radius 1 is 1.14 bits per heavy atom. The summed E-state index contributed by atoms with van der Waals surface area (Å²) in [5.41, 5.74) is 7.43. The lowest BCUT2D eigenvalue weighted by Crippen LogP contribution is -2.18. The molecule has 2 rings (SSSR count). The molecule has 2 aromatic carbocycles. The summed E-state index contributed by atoms with van der Waals surface area (Å²) in [4.78, 5) is 1.29. The van der Waals surface area contributed by atoms with Crippen LogP contribution in [-0.2, 0) is 6.54 Å². The predicted molar refractivity (Wildman–Crippen MR) is 87.8 cm³/mol. The summed E-state index contributed by atoms with van der Waals surface area (Å²) >= 11 is 1.83. The maximum Gasteiger partial charge on any atom is 0.170 e. The Morgan fingerprint density at radius 2 is 1.95 bits per heavy atom. The van der Waals surface area contributed by atoms with Gasteiger partial charge in [-0.05, 0) is 23.8 Å². The number of hydrogen-bond acceptors (Lipinski definition) is 4. The number of benzene rings is 2. The van der Waals surface area contributed by atoms with Gasteiger partial charge in [-0.1, -0.05) is 41.6 Å². The Labute approximate surface area is 129 Å². The number of oxime groups is 1. The third kappa shape index (κ3) is 5.13. The van der Waals surface area contributed by atoms with Crippen molar-refractivity contribution in [2.24, 2.45) is 10.9 Å². The third-order valence-corrected chi connectivity index (χ3v) is 3.96. The van der Waals surface area contributed by atoms with E-state index in [-0.39, 0.29) is 5.84 Å². The molecule has 0 aromatic heterocycles. The minimum absolute atomic E-state index is 0.136. The highest BCUT2D eigenvalue weighted by Gasteiger charge is 2.00. The van der Waals surface area contributed by atoms with E-state index in [9.17, 15) is 0 Å². The summed E-state index contributed by atoms with van der Waals surface area (Å²) in [5.74, 6) is 1.15.